The number of aromatic nitrogens is 1. The fourth-order valence-corrected chi connectivity index (χ4v) is 2.01. The second-order valence-electron chi connectivity index (χ2n) is 5.00. The summed E-state index contributed by atoms with van der Waals surface area (Å²) < 4.78 is 13.2. The van der Waals surface area contributed by atoms with Crippen LogP contribution < -0.4 is 16.1 Å². The molecule has 2 amide bonds. The number of carbonyl (C=O) groups excluding carboxylic acids is 1. The van der Waals surface area contributed by atoms with Gasteiger partial charge in [0.05, 0.1) is 5.39 Å². The topological polar surface area (TPSA) is 74.0 Å². The van der Waals surface area contributed by atoms with E-state index in [0.717, 1.165) is 18.9 Å². The molecule has 1 aromatic heterocycles. The third-order valence-corrected chi connectivity index (χ3v) is 3.34. The van der Waals surface area contributed by atoms with Crippen LogP contribution in [0.3, 0.4) is 0 Å². The van der Waals surface area contributed by atoms with Gasteiger partial charge in [-0.2, -0.15) is 0 Å². The highest BCUT2D eigenvalue weighted by Crippen LogP contribution is 2.27. The molecule has 1 saturated carbocycles. The zero-order valence-electron chi connectivity index (χ0n) is 10.7. The number of nitrogens with one attached hydrogen (secondary N) is 3. The lowest BCUT2D eigenvalue weighted by molar-refractivity contribution is 0.251. The van der Waals surface area contributed by atoms with Crippen molar-refractivity contribution < 1.29 is 9.18 Å². The van der Waals surface area contributed by atoms with Crippen LogP contribution in [0.4, 0.5) is 14.9 Å². The summed E-state index contributed by atoms with van der Waals surface area (Å²) >= 11 is 0. The van der Waals surface area contributed by atoms with E-state index >= 15 is 0 Å². The number of pyridine rings is 1. The molecular formula is C14H14FN3O2. The molecule has 0 radical (unpaired) electrons. The molecule has 0 atom stereocenters. The van der Waals surface area contributed by atoms with Gasteiger partial charge >= 0.3 is 6.03 Å². The molecule has 3 N–H and O–H groups in total. The third-order valence-electron chi connectivity index (χ3n) is 3.34. The summed E-state index contributed by atoms with van der Waals surface area (Å²) in [5.74, 6) is 0.0723. The minimum atomic E-state index is -0.488. The molecule has 1 fully saturated rings. The Bertz CT molecular complexity index is 722. The molecule has 1 aromatic carbocycles. The summed E-state index contributed by atoms with van der Waals surface area (Å²) in [4.78, 5) is 26.6. The van der Waals surface area contributed by atoms with Gasteiger partial charge in [-0.15, -0.1) is 0 Å². The number of halogens is 1. The van der Waals surface area contributed by atoms with Crippen molar-refractivity contribution >= 4 is 22.6 Å². The number of amides is 2. The molecule has 1 heterocycles. The Morgan fingerprint density at radius 2 is 2.20 bits per heavy atom. The molecule has 0 spiro atoms. The van der Waals surface area contributed by atoms with E-state index < -0.39 is 17.3 Å². The Labute approximate surface area is 114 Å². The molecular weight excluding hydrogens is 261 g/mol. The first-order chi connectivity index (χ1) is 9.63. The number of aromatic amines is 1. The Morgan fingerprint density at radius 3 is 2.95 bits per heavy atom. The first kappa shape index (κ1) is 12.7. The van der Waals surface area contributed by atoms with E-state index in [4.69, 9.17) is 0 Å². The summed E-state index contributed by atoms with van der Waals surface area (Å²) in [5, 5.41) is 5.40. The van der Waals surface area contributed by atoms with Gasteiger partial charge in [-0.1, -0.05) is 0 Å². The number of hydrogen-bond acceptors (Lipinski definition) is 2. The van der Waals surface area contributed by atoms with Crippen LogP contribution in [-0.2, 0) is 0 Å². The Balaban J connectivity index is 1.82. The molecule has 1 aliphatic rings. The normalized spacial score (nSPS) is 14.2. The summed E-state index contributed by atoms with van der Waals surface area (Å²) in [7, 11) is 0. The van der Waals surface area contributed by atoms with E-state index in [9.17, 15) is 14.0 Å². The third kappa shape index (κ3) is 2.64. The molecule has 2 aromatic rings. The summed E-state index contributed by atoms with van der Waals surface area (Å²) in [6.07, 6.45) is 3.69. The van der Waals surface area contributed by atoms with Gasteiger partial charge in [0.2, 0.25) is 5.43 Å². The number of benzene rings is 1. The summed E-state index contributed by atoms with van der Waals surface area (Å²) in [6.45, 7) is 0.617. The summed E-state index contributed by atoms with van der Waals surface area (Å²) in [6, 6.07) is 3.50. The van der Waals surface area contributed by atoms with Crippen LogP contribution in [0.5, 0.6) is 0 Å². The van der Waals surface area contributed by atoms with E-state index in [2.05, 4.69) is 15.6 Å². The molecule has 0 unspecified atom stereocenters. The van der Waals surface area contributed by atoms with Crippen LogP contribution in [0.1, 0.15) is 12.8 Å². The average molecular weight is 275 g/mol. The molecule has 6 heteroatoms. The number of carbonyl (C=O) groups is 1. The van der Waals surface area contributed by atoms with E-state index in [-0.39, 0.29) is 11.1 Å². The van der Waals surface area contributed by atoms with Gasteiger partial charge in [0.15, 0.2) is 0 Å². The number of urea groups is 1. The van der Waals surface area contributed by atoms with Crippen molar-refractivity contribution in [2.24, 2.45) is 5.92 Å². The highest BCUT2D eigenvalue weighted by Gasteiger charge is 2.21. The number of anilines is 1. The van der Waals surface area contributed by atoms with Crippen molar-refractivity contribution in [3.63, 3.8) is 0 Å². The van der Waals surface area contributed by atoms with Crippen molar-refractivity contribution in [2.75, 3.05) is 11.9 Å². The zero-order valence-corrected chi connectivity index (χ0v) is 10.7. The average Bonchev–Trinajstić information content (AvgIpc) is 3.24. The lowest BCUT2D eigenvalue weighted by Gasteiger charge is -2.07. The first-order valence-corrected chi connectivity index (χ1v) is 6.49. The first-order valence-electron chi connectivity index (χ1n) is 6.49. The molecule has 1 aliphatic carbocycles. The quantitative estimate of drug-likeness (QED) is 0.803. The van der Waals surface area contributed by atoms with Crippen LogP contribution in [0.15, 0.2) is 29.2 Å². The predicted molar refractivity (Wildman–Crippen MR) is 74.3 cm³/mol. The Kier molecular flexibility index (Phi) is 3.14. The number of H-pyrrole nitrogens is 1. The van der Waals surface area contributed by atoms with Crippen LogP contribution in [0.2, 0.25) is 0 Å². The maximum absolute atomic E-state index is 13.2. The van der Waals surface area contributed by atoms with Gasteiger partial charge in [-0.25, -0.2) is 9.18 Å². The smallest absolute Gasteiger partial charge is 0.319 e. The van der Waals surface area contributed by atoms with Gasteiger partial charge in [0, 0.05) is 18.3 Å². The standard InChI is InChI=1S/C14H14FN3O2/c15-9-3-4-11-10(5-9)13(19)12(7-16-11)18-14(20)17-6-8-1-2-8/h3-5,7-8H,1-2,6H2,(H,16,19)(H2,17,18,20). The van der Waals surface area contributed by atoms with Crippen molar-refractivity contribution in [1.29, 1.82) is 0 Å². The second kappa shape index (κ2) is 4.96. The number of rotatable bonds is 3. The highest BCUT2D eigenvalue weighted by atomic mass is 19.1. The second-order valence-corrected chi connectivity index (χ2v) is 5.00. The number of fused-ring (bicyclic) bond motifs is 1. The van der Waals surface area contributed by atoms with Gasteiger partial charge in [-0.3, -0.25) is 4.79 Å². The van der Waals surface area contributed by atoms with Crippen LogP contribution >= 0.6 is 0 Å². The molecule has 0 bridgehead atoms. The summed E-state index contributed by atoms with van der Waals surface area (Å²) in [5.41, 5.74) is 0.233. The number of hydrogen-bond donors (Lipinski definition) is 3. The minimum Gasteiger partial charge on any atom is -0.359 e. The molecule has 5 nitrogen and oxygen atoms in total. The van der Waals surface area contributed by atoms with E-state index in [1.54, 1.807) is 0 Å². The highest BCUT2D eigenvalue weighted by molar-refractivity contribution is 5.91. The van der Waals surface area contributed by atoms with Crippen molar-refractivity contribution in [3.8, 4) is 0 Å². The van der Waals surface area contributed by atoms with Gasteiger partial charge in [-0.05, 0) is 37.0 Å². The fraction of sp³-hybridized carbons (Fsp3) is 0.286. The van der Waals surface area contributed by atoms with Crippen LogP contribution in [0.25, 0.3) is 10.9 Å². The van der Waals surface area contributed by atoms with E-state index in [0.29, 0.717) is 18.0 Å². The van der Waals surface area contributed by atoms with Crippen molar-refractivity contribution in [3.05, 3.63) is 40.4 Å². The Hall–Kier alpha value is -2.37. The maximum atomic E-state index is 13.2. The van der Waals surface area contributed by atoms with Gasteiger partial charge in [0.1, 0.15) is 11.5 Å². The lowest BCUT2D eigenvalue weighted by atomic mass is 10.2. The van der Waals surface area contributed by atoms with Crippen LogP contribution in [-0.4, -0.2) is 17.6 Å². The van der Waals surface area contributed by atoms with E-state index in [1.165, 1.54) is 18.3 Å². The Morgan fingerprint density at radius 1 is 1.40 bits per heavy atom. The lowest BCUT2D eigenvalue weighted by Crippen LogP contribution is -2.32. The largest absolute Gasteiger partial charge is 0.359 e. The van der Waals surface area contributed by atoms with Gasteiger partial charge in [0.25, 0.3) is 0 Å². The van der Waals surface area contributed by atoms with Crippen LogP contribution in [0, 0.1) is 11.7 Å². The molecule has 3 rings (SSSR count). The van der Waals surface area contributed by atoms with E-state index in [1.807, 2.05) is 0 Å². The minimum absolute atomic E-state index is 0.108. The predicted octanol–water partition coefficient (Wildman–Crippen LogP) is 2.20. The molecule has 0 saturated heterocycles. The SMILES string of the molecule is O=C(NCC1CC1)Nc1c[nH]c2ccc(F)cc2c1=O. The molecule has 0 aliphatic heterocycles. The monoisotopic (exact) mass is 275 g/mol. The van der Waals surface area contributed by atoms with Crippen molar-refractivity contribution in [1.82, 2.24) is 10.3 Å². The zero-order chi connectivity index (χ0) is 14.1. The maximum Gasteiger partial charge on any atom is 0.319 e. The molecule has 104 valence electrons. The van der Waals surface area contributed by atoms with Crippen molar-refractivity contribution in [2.45, 2.75) is 12.8 Å². The molecule has 20 heavy (non-hydrogen) atoms. The fourth-order valence-electron chi connectivity index (χ4n) is 2.01. The van der Waals surface area contributed by atoms with Gasteiger partial charge < -0.3 is 15.6 Å².